The Balaban J connectivity index is 2.17. The molecule has 0 fully saturated rings. The Morgan fingerprint density at radius 2 is 1.95 bits per heavy atom. The maximum atomic E-state index is 4.74. The summed E-state index contributed by atoms with van der Waals surface area (Å²) < 4.78 is 2.68. The van der Waals surface area contributed by atoms with Crippen LogP contribution in [0.4, 0.5) is 5.69 Å². The van der Waals surface area contributed by atoms with Crippen molar-refractivity contribution in [1.29, 1.82) is 0 Å². The van der Waals surface area contributed by atoms with Crippen molar-refractivity contribution in [2.45, 2.75) is 46.0 Å². The molecule has 1 aromatic carbocycles. The van der Waals surface area contributed by atoms with Crippen molar-refractivity contribution in [3.63, 3.8) is 0 Å². The van der Waals surface area contributed by atoms with Crippen LogP contribution in [-0.2, 0) is 0 Å². The van der Waals surface area contributed by atoms with Gasteiger partial charge in [0.1, 0.15) is 0 Å². The molecule has 1 aliphatic heterocycles. The molecule has 0 bridgehead atoms. The molecule has 0 radical (unpaired) electrons. The minimum absolute atomic E-state index is 0.329. The van der Waals surface area contributed by atoms with Crippen LogP contribution in [0.1, 0.15) is 51.5 Å². The van der Waals surface area contributed by atoms with E-state index in [2.05, 4.69) is 49.5 Å². The standard InChI is InChI=1S/C17H24N2Se/c1-3-5-7-12-16-14-10-8-9-11-15(14)19-17(20-16)18-13-6-4-2/h8-12H,3-7,13H2,1-2H3,(H,18,19)/b16-12+. The summed E-state index contributed by atoms with van der Waals surface area (Å²) in [4.78, 5) is 4.74. The molecule has 1 aromatic rings. The Hall–Kier alpha value is -1.05. The van der Waals surface area contributed by atoms with Gasteiger partial charge in [0, 0.05) is 0 Å². The van der Waals surface area contributed by atoms with Gasteiger partial charge in [0.15, 0.2) is 0 Å². The molecule has 0 aliphatic carbocycles. The van der Waals surface area contributed by atoms with E-state index in [1.165, 1.54) is 52.6 Å². The van der Waals surface area contributed by atoms with Crippen molar-refractivity contribution in [2.24, 2.45) is 4.99 Å². The predicted molar refractivity (Wildman–Crippen MR) is 90.5 cm³/mol. The summed E-state index contributed by atoms with van der Waals surface area (Å²) >= 11 is 0.329. The van der Waals surface area contributed by atoms with Gasteiger partial charge in [0.05, 0.1) is 0 Å². The van der Waals surface area contributed by atoms with Crippen LogP contribution in [-0.4, -0.2) is 26.2 Å². The van der Waals surface area contributed by atoms with Crippen LogP contribution in [0.25, 0.3) is 4.47 Å². The molecule has 0 amide bonds. The van der Waals surface area contributed by atoms with E-state index in [1.54, 1.807) is 0 Å². The minimum atomic E-state index is 0.329. The number of unbranched alkanes of at least 4 members (excludes halogenated alkanes) is 3. The Bertz CT molecular complexity index is 492. The predicted octanol–water partition coefficient (Wildman–Crippen LogP) is 4.50. The molecule has 108 valence electrons. The molecule has 1 heterocycles. The molecule has 2 nitrogen and oxygen atoms in total. The van der Waals surface area contributed by atoms with Gasteiger partial charge in [0.25, 0.3) is 0 Å². The summed E-state index contributed by atoms with van der Waals surface area (Å²) in [7, 11) is 0. The van der Waals surface area contributed by atoms with E-state index in [0.717, 1.165) is 6.54 Å². The number of anilines is 1. The molecule has 0 spiro atoms. The zero-order valence-electron chi connectivity index (χ0n) is 12.5. The average molecular weight is 335 g/mol. The van der Waals surface area contributed by atoms with Crippen LogP contribution < -0.4 is 5.32 Å². The van der Waals surface area contributed by atoms with Crippen LogP contribution in [0.3, 0.4) is 0 Å². The number of hydrogen-bond acceptors (Lipinski definition) is 1. The van der Waals surface area contributed by atoms with Gasteiger partial charge in [-0.05, 0) is 0 Å². The van der Waals surface area contributed by atoms with Gasteiger partial charge in [-0.1, -0.05) is 0 Å². The van der Waals surface area contributed by atoms with Crippen LogP contribution in [0.5, 0.6) is 0 Å². The molecule has 0 saturated carbocycles. The van der Waals surface area contributed by atoms with Gasteiger partial charge in [0.2, 0.25) is 0 Å². The second-order valence-electron chi connectivity index (χ2n) is 5.02. The van der Waals surface area contributed by atoms with Crippen molar-refractivity contribution >= 4 is 29.8 Å². The molecule has 3 heteroatoms. The molecule has 0 aromatic heterocycles. The van der Waals surface area contributed by atoms with E-state index in [-0.39, 0.29) is 0 Å². The Labute approximate surface area is 128 Å². The zero-order valence-corrected chi connectivity index (χ0v) is 14.2. The summed E-state index contributed by atoms with van der Waals surface area (Å²) in [6.07, 6.45) is 8.53. The molecule has 0 unspecified atom stereocenters. The number of nitrogens with zero attached hydrogens (tertiary/aromatic N) is 1. The second-order valence-corrected chi connectivity index (χ2v) is 7.19. The second kappa shape index (κ2) is 8.28. The molecule has 2 rings (SSSR count). The number of hydrogen-bond donors (Lipinski definition) is 1. The summed E-state index contributed by atoms with van der Waals surface area (Å²) in [6, 6.07) is 8.61. The van der Waals surface area contributed by atoms with Gasteiger partial charge in [-0.3, -0.25) is 0 Å². The monoisotopic (exact) mass is 336 g/mol. The quantitative estimate of drug-likeness (QED) is 0.601. The van der Waals surface area contributed by atoms with E-state index in [4.69, 9.17) is 4.99 Å². The summed E-state index contributed by atoms with van der Waals surface area (Å²) in [5.74, 6) is 0. The number of fused-ring (bicyclic) bond motifs is 1. The fraction of sp³-hybridized carbons (Fsp3) is 0.471. The molecular formula is C17H24N2Se. The fourth-order valence-corrected chi connectivity index (χ4v) is 4.23. The average Bonchev–Trinajstić information content (AvgIpc) is 2.48. The Kier molecular flexibility index (Phi) is 6.35. The van der Waals surface area contributed by atoms with E-state index in [1.807, 2.05) is 0 Å². The van der Waals surface area contributed by atoms with Crippen LogP contribution >= 0.6 is 0 Å². The van der Waals surface area contributed by atoms with Gasteiger partial charge >= 0.3 is 129 Å². The third-order valence-corrected chi connectivity index (χ3v) is 5.46. The first-order valence-corrected chi connectivity index (χ1v) is 9.35. The van der Waals surface area contributed by atoms with Crippen molar-refractivity contribution in [3.05, 3.63) is 35.9 Å². The van der Waals surface area contributed by atoms with E-state index < -0.39 is 0 Å². The van der Waals surface area contributed by atoms with Gasteiger partial charge in [-0.25, -0.2) is 0 Å². The molecule has 1 aliphatic rings. The van der Waals surface area contributed by atoms with Crippen LogP contribution in [0, 0.1) is 0 Å². The van der Waals surface area contributed by atoms with Gasteiger partial charge in [-0.15, -0.1) is 0 Å². The Morgan fingerprint density at radius 1 is 1.15 bits per heavy atom. The normalized spacial score (nSPS) is 18.1. The number of aliphatic imine (C=N–C) groups is 1. The van der Waals surface area contributed by atoms with E-state index in [0.29, 0.717) is 15.0 Å². The summed E-state index contributed by atoms with van der Waals surface area (Å²) in [5, 5.41) is 3.51. The third kappa shape index (κ3) is 4.22. The van der Waals surface area contributed by atoms with Crippen molar-refractivity contribution in [2.75, 3.05) is 11.9 Å². The number of allylic oxidation sites excluding steroid dienone is 1. The van der Waals surface area contributed by atoms with E-state index >= 15 is 0 Å². The van der Waals surface area contributed by atoms with Crippen molar-refractivity contribution in [1.82, 2.24) is 0 Å². The molecule has 0 atom stereocenters. The molecular weight excluding hydrogens is 311 g/mol. The van der Waals surface area contributed by atoms with Gasteiger partial charge in [-0.2, -0.15) is 0 Å². The van der Waals surface area contributed by atoms with E-state index in [9.17, 15) is 0 Å². The van der Waals surface area contributed by atoms with Crippen LogP contribution in [0.15, 0.2) is 35.3 Å². The van der Waals surface area contributed by atoms with Crippen molar-refractivity contribution in [3.8, 4) is 0 Å². The maximum absolute atomic E-state index is 4.74. The third-order valence-electron chi connectivity index (χ3n) is 3.30. The zero-order chi connectivity index (χ0) is 14.2. The van der Waals surface area contributed by atoms with Crippen molar-refractivity contribution < 1.29 is 0 Å². The number of benzene rings is 1. The number of para-hydroxylation sites is 1. The number of amidine groups is 1. The first-order valence-electron chi connectivity index (χ1n) is 7.64. The molecule has 1 N–H and O–H groups in total. The number of nitrogens with one attached hydrogen (secondary N) is 1. The van der Waals surface area contributed by atoms with Gasteiger partial charge < -0.3 is 0 Å². The first-order chi connectivity index (χ1) is 9.85. The van der Waals surface area contributed by atoms with Crippen LogP contribution in [0.2, 0.25) is 0 Å². The fourth-order valence-electron chi connectivity index (χ4n) is 2.11. The summed E-state index contributed by atoms with van der Waals surface area (Å²) in [6.45, 7) is 5.41. The topological polar surface area (TPSA) is 24.4 Å². The molecule has 0 saturated heterocycles. The summed E-state index contributed by atoms with van der Waals surface area (Å²) in [5.41, 5.74) is 2.59. The molecule has 20 heavy (non-hydrogen) atoms. The number of rotatable bonds is 6. The Morgan fingerprint density at radius 3 is 2.75 bits per heavy atom. The first kappa shape index (κ1) is 15.3. The SMILES string of the molecule is CCCC/C=C1/[Se]C(=NCCCC)Nc2ccccc21.